The molecule has 5 atom stereocenters. The van der Waals surface area contributed by atoms with Crippen molar-refractivity contribution in [3.05, 3.63) is 112 Å². The van der Waals surface area contributed by atoms with Gasteiger partial charge in [-0.3, -0.25) is 24.6 Å². The van der Waals surface area contributed by atoms with Crippen LogP contribution in [0.5, 0.6) is 0 Å². The summed E-state index contributed by atoms with van der Waals surface area (Å²) in [6, 6.07) is 25.7. The lowest BCUT2D eigenvalue weighted by molar-refractivity contribution is -0.385. The summed E-state index contributed by atoms with van der Waals surface area (Å²) in [7, 11) is 0. The van der Waals surface area contributed by atoms with Crippen molar-refractivity contribution in [3.63, 3.8) is 0 Å². The Morgan fingerprint density at radius 2 is 1.43 bits per heavy atom. The number of carbonyl (C=O) groups is 2. The molecule has 3 aromatic rings. The van der Waals surface area contributed by atoms with E-state index in [0.29, 0.717) is 18.7 Å². The Balaban J connectivity index is 1.57. The van der Waals surface area contributed by atoms with Gasteiger partial charge in [-0.25, -0.2) is 0 Å². The Morgan fingerprint density at radius 3 is 1.91 bits per heavy atom. The third-order valence-corrected chi connectivity index (χ3v) is 11.4. The van der Waals surface area contributed by atoms with Crippen molar-refractivity contribution in [1.82, 2.24) is 10.2 Å². The molecule has 0 aliphatic carbocycles. The molecule has 0 amide bonds. The fourth-order valence-corrected chi connectivity index (χ4v) is 8.72. The number of carboxylic acids is 2. The fourth-order valence-electron chi connectivity index (χ4n) is 8.72. The van der Waals surface area contributed by atoms with E-state index in [1.54, 1.807) is 26.8 Å². The summed E-state index contributed by atoms with van der Waals surface area (Å²) in [6.45, 7) is 10.6. The van der Waals surface area contributed by atoms with Crippen molar-refractivity contribution in [2.24, 2.45) is 10.8 Å². The SMILES string of the molecule is CC1NC(C)C(CC(C)(C)N2CCC(c3ccccc3)(c3ccccc3)CC2)(C(=O)O)C(c2cccc([N+](=O)[O-])c2)C1(C)C(=O)O. The first-order valence-electron chi connectivity index (χ1n) is 16.0. The van der Waals surface area contributed by atoms with E-state index in [2.05, 4.69) is 58.7 Å². The zero-order valence-electron chi connectivity index (χ0n) is 27.3. The summed E-state index contributed by atoms with van der Waals surface area (Å²) in [4.78, 5) is 40.5. The van der Waals surface area contributed by atoms with Crippen LogP contribution in [0.1, 0.15) is 76.5 Å². The Kier molecular flexibility index (Phi) is 8.87. The molecular formula is C37H45N3O6. The van der Waals surface area contributed by atoms with E-state index in [1.165, 1.54) is 29.3 Å². The number of non-ortho nitro benzene ring substituents is 1. The topological polar surface area (TPSA) is 133 Å². The molecule has 2 fully saturated rings. The van der Waals surface area contributed by atoms with Crippen LogP contribution in [0.15, 0.2) is 84.9 Å². The second-order valence-corrected chi connectivity index (χ2v) is 14.1. The van der Waals surface area contributed by atoms with Crippen molar-refractivity contribution in [2.75, 3.05) is 13.1 Å². The van der Waals surface area contributed by atoms with Crippen LogP contribution in [-0.4, -0.2) is 62.7 Å². The van der Waals surface area contributed by atoms with Crippen LogP contribution in [-0.2, 0) is 15.0 Å². The molecule has 9 nitrogen and oxygen atoms in total. The molecule has 2 saturated heterocycles. The van der Waals surface area contributed by atoms with E-state index in [1.807, 2.05) is 26.0 Å². The molecule has 2 aliphatic heterocycles. The summed E-state index contributed by atoms with van der Waals surface area (Å²) in [5.41, 5.74) is -1.38. The predicted molar refractivity (Wildman–Crippen MR) is 177 cm³/mol. The summed E-state index contributed by atoms with van der Waals surface area (Å²) >= 11 is 0. The van der Waals surface area contributed by atoms with E-state index in [9.17, 15) is 29.9 Å². The first-order valence-corrected chi connectivity index (χ1v) is 16.0. The number of hydrogen-bond donors (Lipinski definition) is 3. The molecule has 0 saturated carbocycles. The van der Waals surface area contributed by atoms with Crippen LogP contribution in [0.25, 0.3) is 0 Å². The van der Waals surface area contributed by atoms with E-state index in [-0.39, 0.29) is 17.5 Å². The highest BCUT2D eigenvalue weighted by Crippen LogP contribution is 2.59. The van der Waals surface area contributed by atoms with Gasteiger partial charge in [-0.2, -0.15) is 0 Å². The maximum atomic E-state index is 13.8. The molecule has 5 unspecified atom stereocenters. The van der Waals surface area contributed by atoms with Gasteiger partial charge >= 0.3 is 11.9 Å². The second-order valence-electron chi connectivity index (χ2n) is 14.1. The smallest absolute Gasteiger partial charge is 0.311 e. The molecule has 46 heavy (non-hydrogen) atoms. The summed E-state index contributed by atoms with van der Waals surface area (Å²) in [5.74, 6) is -3.32. The van der Waals surface area contributed by atoms with Gasteiger partial charge < -0.3 is 15.5 Å². The molecule has 9 heteroatoms. The number of carboxylic acid groups (broad SMARTS) is 2. The number of nitrogens with one attached hydrogen (secondary N) is 1. The Bertz CT molecular complexity index is 1550. The van der Waals surface area contributed by atoms with Gasteiger partial charge in [-0.1, -0.05) is 72.8 Å². The predicted octanol–water partition coefficient (Wildman–Crippen LogP) is 6.47. The summed E-state index contributed by atoms with van der Waals surface area (Å²) in [6.07, 6.45) is 1.79. The minimum Gasteiger partial charge on any atom is -0.481 e. The number of benzene rings is 3. The first kappa shape index (κ1) is 33.3. The van der Waals surface area contributed by atoms with Crippen LogP contribution >= 0.6 is 0 Å². The Labute approximate surface area is 270 Å². The molecule has 3 aromatic carbocycles. The van der Waals surface area contributed by atoms with E-state index in [0.717, 1.165) is 12.8 Å². The molecule has 0 radical (unpaired) electrons. The van der Waals surface area contributed by atoms with E-state index >= 15 is 0 Å². The van der Waals surface area contributed by atoms with Gasteiger partial charge in [0.25, 0.3) is 5.69 Å². The molecule has 2 heterocycles. The molecule has 0 bridgehead atoms. The number of hydrogen-bond acceptors (Lipinski definition) is 6. The van der Waals surface area contributed by atoms with Crippen LogP contribution in [0.4, 0.5) is 5.69 Å². The van der Waals surface area contributed by atoms with E-state index < -0.39 is 51.2 Å². The lowest BCUT2D eigenvalue weighted by atomic mass is 9.50. The van der Waals surface area contributed by atoms with Gasteiger partial charge in [-0.15, -0.1) is 0 Å². The van der Waals surface area contributed by atoms with Crippen molar-refractivity contribution in [3.8, 4) is 0 Å². The van der Waals surface area contributed by atoms with Gasteiger partial charge in [0.05, 0.1) is 15.8 Å². The van der Waals surface area contributed by atoms with Gasteiger partial charge in [0.2, 0.25) is 0 Å². The summed E-state index contributed by atoms with van der Waals surface area (Å²) in [5, 5.41) is 37.1. The largest absolute Gasteiger partial charge is 0.481 e. The molecule has 5 rings (SSSR count). The van der Waals surface area contributed by atoms with E-state index in [4.69, 9.17) is 0 Å². The highest BCUT2D eigenvalue weighted by Gasteiger charge is 2.66. The zero-order valence-corrected chi connectivity index (χ0v) is 27.3. The number of nitrogens with zero attached hydrogens (tertiary/aromatic N) is 2. The standard InChI is InChI=1S/C37H45N3O6/c1-25-35(5,32(41)42)31(27-13-12-18-30(23-27)40(45)46)37(33(43)44,26(2)38-25)24-34(3,4)39-21-19-36(20-22-39,28-14-8-6-9-15-28)29-16-10-7-11-17-29/h6-18,23,25-26,31,38H,19-22,24H2,1-5H3,(H,41,42)(H,43,44). The van der Waals surface area contributed by atoms with Crippen LogP contribution in [0, 0.1) is 20.9 Å². The van der Waals surface area contributed by atoms with Gasteiger partial charge in [0.1, 0.15) is 0 Å². The van der Waals surface area contributed by atoms with Gasteiger partial charge in [-0.05, 0) is 83.7 Å². The van der Waals surface area contributed by atoms with Crippen LogP contribution < -0.4 is 5.32 Å². The average Bonchev–Trinajstić information content (AvgIpc) is 3.04. The third kappa shape index (κ3) is 5.39. The normalized spacial score (nSPS) is 28.3. The maximum Gasteiger partial charge on any atom is 0.311 e. The van der Waals surface area contributed by atoms with Crippen molar-refractivity contribution in [2.45, 2.75) is 82.8 Å². The number of nitro benzene ring substituents is 1. The first-order chi connectivity index (χ1) is 21.7. The number of aliphatic carboxylic acids is 2. The van der Waals surface area contributed by atoms with Crippen molar-refractivity contribution >= 4 is 17.6 Å². The average molecular weight is 628 g/mol. The molecule has 244 valence electrons. The number of likely N-dealkylation sites (tertiary alicyclic amines) is 1. The molecular weight excluding hydrogens is 582 g/mol. The zero-order chi connectivity index (χ0) is 33.5. The number of rotatable bonds is 9. The lowest BCUT2D eigenvalue weighted by Gasteiger charge is -2.59. The summed E-state index contributed by atoms with van der Waals surface area (Å²) < 4.78 is 0. The van der Waals surface area contributed by atoms with Gasteiger partial charge in [0.15, 0.2) is 0 Å². The highest BCUT2D eigenvalue weighted by atomic mass is 16.6. The van der Waals surface area contributed by atoms with Crippen molar-refractivity contribution < 1.29 is 24.7 Å². The lowest BCUT2D eigenvalue weighted by Crippen LogP contribution is -2.70. The molecule has 3 N–H and O–H groups in total. The third-order valence-electron chi connectivity index (χ3n) is 11.4. The molecule has 0 aromatic heterocycles. The highest BCUT2D eigenvalue weighted by molar-refractivity contribution is 5.84. The quantitative estimate of drug-likeness (QED) is 0.182. The van der Waals surface area contributed by atoms with Crippen LogP contribution in [0.2, 0.25) is 0 Å². The van der Waals surface area contributed by atoms with Gasteiger partial charge in [0, 0.05) is 41.1 Å². The minimum atomic E-state index is -1.61. The molecule has 2 aliphatic rings. The number of piperidine rings is 2. The van der Waals surface area contributed by atoms with Crippen molar-refractivity contribution in [1.29, 1.82) is 0 Å². The van der Waals surface area contributed by atoms with Crippen LogP contribution in [0.3, 0.4) is 0 Å². The monoisotopic (exact) mass is 627 g/mol. The second kappa shape index (κ2) is 12.3. The Hall–Kier alpha value is -4.08. The minimum absolute atomic E-state index is 0.135. The number of nitro groups is 1. The Morgan fingerprint density at radius 1 is 0.891 bits per heavy atom. The maximum absolute atomic E-state index is 13.8. The molecule has 0 spiro atoms. The fraction of sp³-hybridized carbons (Fsp3) is 0.459.